The molecule has 156 valence electrons. The Morgan fingerprint density at radius 2 is 1.69 bits per heavy atom. The lowest BCUT2D eigenvalue weighted by Crippen LogP contribution is -2.44. The second-order valence-corrected chi connectivity index (χ2v) is 9.33. The van der Waals surface area contributed by atoms with E-state index in [1.165, 1.54) is 11.1 Å². The summed E-state index contributed by atoms with van der Waals surface area (Å²) in [7, 11) is -1.62. The zero-order valence-electron chi connectivity index (χ0n) is 17.1. The highest BCUT2D eigenvalue weighted by Gasteiger charge is 2.29. The molecule has 1 aliphatic heterocycles. The summed E-state index contributed by atoms with van der Waals surface area (Å²) in [5, 5.41) is 6.74. The van der Waals surface area contributed by atoms with Gasteiger partial charge in [-0.05, 0) is 48.9 Å². The van der Waals surface area contributed by atoms with Crippen LogP contribution in [-0.4, -0.2) is 45.4 Å². The predicted molar refractivity (Wildman–Crippen MR) is 117 cm³/mol. The molecule has 0 amide bonds. The van der Waals surface area contributed by atoms with Crippen molar-refractivity contribution in [3.63, 3.8) is 0 Å². The van der Waals surface area contributed by atoms with Crippen LogP contribution < -0.4 is 10.6 Å². The van der Waals surface area contributed by atoms with Gasteiger partial charge in [-0.3, -0.25) is 4.99 Å². The summed E-state index contributed by atoms with van der Waals surface area (Å²) in [6, 6.07) is 17.0. The van der Waals surface area contributed by atoms with Gasteiger partial charge >= 0.3 is 0 Å². The van der Waals surface area contributed by atoms with Crippen LogP contribution in [0.25, 0.3) is 0 Å². The van der Waals surface area contributed by atoms with E-state index >= 15 is 0 Å². The molecule has 2 N–H and O–H groups in total. The van der Waals surface area contributed by atoms with Gasteiger partial charge in [0.15, 0.2) is 5.96 Å². The molecular weight excluding hydrogens is 384 g/mol. The third-order valence-corrected chi connectivity index (χ3v) is 7.36. The molecule has 1 saturated heterocycles. The Labute approximate surface area is 174 Å². The normalized spacial score (nSPS) is 16.6. The van der Waals surface area contributed by atoms with Gasteiger partial charge < -0.3 is 10.6 Å². The number of rotatable bonds is 6. The Balaban J connectivity index is 1.46. The van der Waals surface area contributed by atoms with E-state index in [0.717, 1.165) is 31.9 Å². The number of benzene rings is 2. The lowest BCUT2D eigenvalue weighted by molar-refractivity contribution is 0.273. The second kappa shape index (κ2) is 9.89. The highest BCUT2D eigenvalue weighted by Crippen LogP contribution is 2.23. The van der Waals surface area contributed by atoms with Crippen molar-refractivity contribution < 1.29 is 8.42 Å². The fourth-order valence-corrected chi connectivity index (χ4v) is 5.04. The first-order chi connectivity index (χ1) is 14.0. The summed E-state index contributed by atoms with van der Waals surface area (Å²) in [5.74, 6) is 1.20. The molecule has 0 unspecified atom stereocenters. The molecule has 0 radical (unpaired) electrons. The van der Waals surface area contributed by atoms with Crippen molar-refractivity contribution in [3.8, 4) is 0 Å². The minimum Gasteiger partial charge on any atom is -0.356 e. The smallest absolute Gasteiger partial charge is 0.243 e. The minimum atomic E-state index is -3.39. The van der Waals surface area contributed by atoms with E-state index in [0.29, 0.717) is 23.9 Å². The standard InChI is InChI=1S/C22H30N4O2S/c1-18-8-6-7-9-20(18)17-25-22(23-2)24-16-19-12-14-26(15-13-19)29(27,28)21-10-4-3-5-11-21/h3-11,19H,12-17H2,1-2H3,(H2,23,24,25). The van der Waals surface area contributed by atoms with Crippen LogP contribution in [0.5, 0.6) is 0 Å². The summed E-state index contributed by atoms with van der Waals surface area (Å²) >= 11 is 0. The number of hydrogen-bond donors (Lipinski definition) is 2. The van der Waals surface area contributed by atoms with E-state index in [-0.39, 0.29) is 0 Å². The molecule has 6 nitrogen and oxygen atoms in total. The first-order valence-corrected chi connectivity index (χ1v) is 11.5. The topological polar surface area (TPSA) is 73.8 Å². The third-order valence-electron chi connectivity index (χ3n) is 5.44. The maximum absolute atomic E-state index is 12.7. The molecule has 0 spiro atoms. The minimum absolute atomic E-state index is 0.373. The number of piperidine rings is 1. The molecule has 0 aromatic heterocycles. The molecule has 3 rings (SSSR count). The van der Waals surface area contributed by atoms with Gasteiger partial charge in [-0.2, -0.15) is 4.31 Å². The largest absolute Gasteiger partial charge is 0.356 e. The SMILES string of the molecule is CN=C(NCc1ccccc1C)NCC1CCN(S(=O)(=O)c2ccccc2)CC1. The van der Waals surface area contributed by atoms with Gasteiger partial charge in [0.2, 0.25) is 10.0 Å². The second-order valence-electron chi connectivity index (χ2n) is 7.39. The molecule has 0 atom stereocenters. The maximum Gasteiger partial charge on any atom is 0.243 e. The van der Waals surface area contributed by atoms with Crippen molar-refractivity contribution in [2.45, 2.75) is 31.2 Å². The van der Waals surface area contributed by atoms with Crippen LogP contribution in [0.4, 0.5) is 0 Å². The fourth-order valence-electron chi connectivity index (χ4n) is 3.54. The summed E-state index contributed by atoms with van der Waals surface area (Å²) in [6.07, 6.45) is 1.68. The van der Waals surface area contributed by atoms with E-state index in [1.54, 1.807) is 35.6 Å². The average Bonchev–Trinajstić information content (AvgIpc) is 2.76. The summed E-state index contributed by atoms with van der Waals surface area (Å²) in [4.78, 5) is 4.67. The number of nitrogens with zero attached hydrogens (tertiary/aromatic N) is 2. The van der Waals surface area contributed by atoms with Crippen LogP contribution in [-0.2, 0) is 16.6 Å². The Morgan fingerprint density at radius 3 is 2.34 bits per heavy atom. The summed E-state index contributed by atoms with van der Waals surface area (Å²) < 4.78 is 27.1. The van der Waals surface area contributed by atoms with Gasteiger partial charge in [0.25, 0.3) is 0 Å². The molecule has 1 aliphatic rings. The number of aliphatic imine (C=N–C) groups is 1. The molecule has 29 heavy (non-hydrogen) atoms. The summed E-state index contributed by atoms with van der Waals surface area (Å²) in [5.41, 5.74) is 2.50. The van der Waals surface area contributed by atoms with Gasteiger partial charge in [0, 0.05) is 33.2 Å². The third kappa shape index (κ3) is 5.58. The molecule has 2 aromatic rings. The van der Waals surface area contributed by atoms with Gasteiger partial charge in [0.05, 0.1) is 4.90 Å². The van der Waals surface area contributed by atoms with Crippen LogP contribution in [0.3, 0.4) is 0 Å². The van der Waals surface area contributed by atoms with Gasteiger partial charge in [-0.15, -0.1) is 0 Å². The summed E-state index contributed by atoms with van der Waals surface area (Å²) in [6.45, 7) is 4.72. The molecular formula is C22H30N4O2S. The van der Waals surface area contributed by atoms with Crippen LogP contribution >= 0.6 is 0 Å². The number of guanidine groups is 1. The van der Waals surface area contributed by atoms with Gasteiger partial charge in [0.1, 0.15) is 0 Å². The Morgan fingerprint density at radius 1 is 1.03 bits per heavy atom. The van der Waals surface area contributed by atoms with Crippen LogP contribution in [0, 0.1) is 12.8 Å². The molecule has 2 aromatic carbocycles. The Hall–Kier alpha value is -2.38. The lowest BCUT2D eigenvalue weighted by Gasteiger charge is -2.31. The average molecular weight is 415 g/mol. The molecule has 0 aliphatic carbocycles. The lowest BCUT2D eigenvalue weighted by atomic mass is 9.98. The van der Waals surface area contributed by atoms with Crippen molar-refractivity contribution in [3.05, 3.63) is 65.7 Å². The van der Waals surface area contributed by atoms with Crippen molar-refractivity contribution in [2.75, 3.05) is 26.7 Å². The van der Waals surface area contributed by atoms with Crippen molar-refractivity contribution in [1.29, 1.82) is 0 Å². The Bertz CT molecular complexity index is 921. The van der Waals surface area contributed by atoms with E-state index in [1.807, 2.05) is 18.2 Å². The first-order valence-electron chi connectivity index (χ1n) is 10.0. The monoisotopic (exact) mass is 414 g/mol. The van der Waals surface area contributed by atoms with E-state index in [4.69, 9.17) is 0 Å². The first kappa shape index (κ1) is 21.3. The van der Waals surface area contributed by atoms with Crippen LogP contribution in [0.15, 0.2) is 64.5 Å². The number of hydrogen-bond acceptors (Lipinski definition) is 3. The number of nitrogens with one attached hydrogen (secondary N) is 2. The molecule has 1 fully saturated rings. The molecule has 1 heterocycles. The molecule has 0 saturated carbocycles. The highest BCUT2D eigenvalue weighted by molar-refractivity contribution is 7.89. The quantitative estimate of drug-likeness (QED) is 0.563. The fraction of sp³-hybridized carbons (Fsp3) is 0.409. The van der Waals surface area contributed by atoms with Gasteiger partial charge in [-0.1, -0.05) is 42.5 Å². The maximum atomic E-state index is 12.7. The highest BCUT2D eigenvalue weighted by atomic mass is 32.2. The van der Waals surface area contributed by atoms with Gasteiger partial charge in [-0.25, -0.2) is 8.42 Å². The predicted octanol–water partition coefficient (Wildman–Crippen LogP) is 2.76. The van der Waals surface area contributed by atoms with E-state index in [2.05, 4.69) is 34.7 Å². The molecule has 0 bridgehead atoms. The zero-order valence-corrected chi connectivity index (χ0v) is 18.0. The molecule has 7 heteroatoms. The number of sulfonamides is 1. The zero-order chi connectivity index (χ0) is 20.7. The van der Waals surface area contributed by atoms with E-state index < -0.39 is 10.0 Å². The number of aryl methyl sites for hydroxylation is 1. The van der Waals surface area contributed by atoms with Crippen LogP contribution in [0.1, 0.15) is 24.0 Å². The van der Waals surface area contributed by atoms with Crippen molar-refractivity contribution >= 4 is 16.0 Å². The van der Waals surface area contributed by atoms with Crippen LogP contribution in [0.2, 0.25) is 0 Å². The van der Waals surface area contributed by atoms with Crippen molar-refractivity contribution in [1.82, 2.24) is 14.9 Å². The van der Waals surface area contributed by atoms with Crippen molar-refractivity contribution in [2.24, 2.45) is 10.9 Å². The van der Waals surface area contributed by atoms with E-state index in [9.17, 15) is 8.42 Å². The Kier molecular flexibility index (Phi) is 7.28.